The second-order valence-electron chi connectivity index (χ2n) is 7.22. The van der Waals surface area contributed by atoms with E-state index in [-0.39, 0.29) is 10.7 Å². The van der Waals surface area contributed by atoms with Gasteiger partial charge in [0.2, 0.25) is 0 Å². The zero-order valence-corrected chi connectivity index (χ0v) is 18.6. The minimum Gasteiger partial charge on any atom is -0.465 e. The molecule has 0 radical (unpaired) electrons. The molecule has 0 unspecified atom stereocenters. The summed E-state index contributed by atoms with van der Waals surface area (Å²) in [5.41, 5.74) is 4.77. The monoisotopic (exact) mass is 425 g/mol. The number of carbonyl (C=O) groups excluding carboxylic acids is 3. The van der Waals surface area contributed by atoms with Crippen molar-refractivity contribution in [1.29, 1.82) is 0 Å². The molecular weight excluding hydrogens is 402 g/mol. The third-order valence-corrected chi connectivity index (χ3v) is 5.83. The zero-order valence-electron chi connectivity index (χ0n) is 17.8. The number of esters is 1. The highest BCUT2D eigenvalue weighted by atomic mass is 32.1. The summed E-state index contributed by atoms with van der Waals surface area (Å²) in [6.45, 7) is 5.78. The predicted molar refractivity (Wildman–Crippen MR) is 117 cm³/mol. The number of hydrogen-bond donors (Lipinski definition) is 0. The number of amides is 2. The molecule has 0 bridgehead atoms. The molecule has 1 aromatic carbocycles. The normalized spacial score (nSPS) is 14.5. The largest absolute Gasteiger partial charge is 0.465 e. The van der Waals surface area contributed by atoms with Gasteiger partial charge in [-0.25, -0.2) is 4.79 Å². The standard InChI is InChI=1S/C22H23N3O4S/c1-12-7-8-15(21(28)29-6)11-18(12)25-13(2)9-16(14(25)3)10-17-19(26)23(4)22(30)24(5)20(17)27/h7-11H,1-6H3. The topological polar surface area (TPSA) is 71.8 Å². The van der Waals surface area contributed by atoms with Gasteiger partial charge >= 0.3 is 5.97 Å². The number of hydrogen-bond acceptors (Lipinski definition) is 5. The highest BCUT2D eigenvalue weighted by Crippen LogP contribution is 2.27. The van der Waals surface area contributed by atoms with E-state index < -0.39 is 17.8 Å². The SMILES string of the molecule is COC(=O)c1ccc(C)c(-n2c(C)cc(C=C3C(=O)N(C)C(=S)N(C)C3=O)c2C)c1. The van der Waals surface area contributed by atoms with E-state index in [1.807, 2.05) is 37.5 Å². The number of nitrogens with zero attached hydrogens (tertiary/aromatic N) is 3. The zero-order chi connectivity index (χ0) is 22.3. The van der Waals surface area contributed by atoms with E-state index in [1.54, 1.807) is 32.3 Å². The summed E-state index contributed by atoms with van der Waals surface area (Å²) in [5.74, 6) is -1.28. The molecule has 2 amide bonds. The van der Waals surface area contributed by atoms with Crippen LogP contribution in [0.5, 0.6) is 0 Å². The Morgan fingerprint density at radius 1 is 1.03 bits per heavy atom. The van der Waals surface area contributed by atoms with Gasteiger partial charge in [0, 0.05) is 31.2 Å². The average molecular weight is 426 g/mol. The van der Waals surface area contributed by atoms with E-state index in [2.05, 4.69) is 0 Å². The average Bonchev–Trinajstić information content (AvgIpc) is 3.01. The highest BCUT2D eigenvalue weighted by Gasteiger charge is 2.35. The van der Waals surface area contributed by atoms with Crippen molar-refractivity contribution in [2.75, 3.05) is 21.2 Å². The Morgan fingerprint density at radius 2 is 1.63 bits per heavy atom. The maximum Gasteiger partial charge on any atom is 0.337 e. The maximum atomic E-state index is 12.6. The van der Waals surface area contributed by atoms with Gasteiger partial charge in [0.15, 0.2) is 5.11 Å². The highest BCUT2D eigenvalue weighted by molar-refractivity contribution is 7.80. The van der Waals surface area contributed by atoms with Crippen LogP contribution in [0.25, 0.3) is 11.8 Å². The third kappa shape index (κ3) is 3.43. The van der Waals surface area contributed by atoms with Gasteiger partial charge in [-0.15, -0.1) is 0 Å². The Bertz CT molecular complexity index is 1100. The quantitative estimate of drug-likeness (QED) is 0.327. The first-order chi connectivity index (χ1) is 14.1. The fourth-order valence-corrected chi connectivity index (χ4v) is 3.70. The molecule has 1 aliphatic heterocycles. The van der Waals surface area contributed by atoms with Crippen LogP contribution in [0.15, 0.2) is 29.8 Å². The van der Waals surface area contributed by atoms with Gasteiger partial charge in [-0.2, -0.15) is 0 Å². The number of thiocarbonyl (C=S) groups is 1. The van der Waals surface area contributed by atoms with Gasteiger partial charge in [-0.1, -0.05) is 6.07 Å². The van der Waals surface area contributed by atoms with E-state index in [0.717, 1.165) is 28.2 Å². The van der Waals surface area contributed by atoms with Crippen LogP contribution in [0, 0.1) is 20.8 Å². The number of aromatic nitrogens is 1. The molecule has 1 aromatic heterocycles. The van der Waals surface area contributed by atoms with Crippen molar-refractivity contribution in [3.63, 3.8) is 0 Å². The fraction of sp³-hybridized carbons (Fsp3) is 0.273. The molecule has 1 aliphatic rings. The number of carbonyl (C=O) groups is 3. The summed E-state index contributed by atoms with van der Waals surface area (Å²) >= 11 is 5.14. The summed E-state index contributed by atoms with van der Waals surface area (Å²) in [6.07, 6.45) is 1.60. The van der Waals surface area contributed by atoms with Crippen molar-refractivity contribution in [2.45, 2.75) is 20.8 Å². The number of methoxy groups -OCH3 is 1. The molecule has 30 heavy (non-hydrogen) atoms. The molecule has 0 saturated carbocycles. The Balaban J connectivity index is 2.13. The molecule has 2 aromatic rings. The van der Waals surface area contributed by atoms with Crippen molar-refractivity contribution < 1.29 is 19.1 Å². The third-order valence-electron chi connectivity index (χ3n) is 5.29. The second-order valence-corrected chi connectivity index (χ2v) is 7.59. The first-order valence-electron chi connectivity index (χ1n) is 9.28. The smallest absolute Gasteiger partial charge is 0.337 e. The summed E-state index contributed by atoms with van der Waals surface area (Å²) in [5, 5.41) is 0.169. The van der Waals surface area contributed by atoms with Crippen molar-refractivity contribution in [2.24, 2.45) is 0 Å². The molecule has 8 heteroatoms. The Kier molecular flexibility index (Phi) is 5.63. The van der Waals surface area contributed by atoms with Crippen LogP contribution in [0.2, 0.25) is 0 Å². The van der Waals surface area contributed by atoms with Crippen molar-refractivity contribution in [3.05, 3.63) is 57.9 Å². The lowest BCUT2D eigenvalue weighted by molar-refractivity contribution is -0.132. The molecule has 0 atom stereocenters. The van der Waals surface area contributed by atoms with Crippen LogP contribution in [0.3, 0.4) is 0 Å². The summed E-state index contributed by atoms with van der Waals surface area (Å²) in [6, 6.07) is 7.25. The minimum atomic E-state index is -0.434. The Labute approximate surface area is 180 Å². The lowest BCUT2D eigenvalue weighted by Crippen LogP contribution is -2.52. The number of aryl methyl sites for hydroxylation is 2. The Hall–Kier alpha value is -3.26. The lowest BCUT2D eigenvalue weighted by atomic mass is 10.1. The molecule has 0 spiro atoms. The number of benzene rings is 1. The van der Waals surface area contributed by atoms with Gasteiger partial charge in [0.05, 0.1) is 12.7 Å². The first-order valence-corrected chi connectivity index (χ1v) is 9.69. The van der Waals surface area contributed by atoms with Crippen LogP contribution < -0.4 is 0 Å². The van der Waals surface area contributed by atoms with Gasteiger partial charge < -0.3 is 9.30 Å². The minimum absolute atomic E-state index is 0.0499. The van der Waals surface area contributed by atoms with E-state index in [0.29, 0.717) is 5.56 Å². The van der Waals surface area contributed by atoms with Crippen LogP contribution in [-0.4, -0.2) is 58.5 Å². The van der Waals surface area contributed by atoms with Gasteiger partial charge in [-0.05, 0) is 68.4 Å². The first kappa shape index (κ1) is 21.4. The molecule has 3 rings (SSSR count). The van der Waals surface area contributed by atoms with E-state index >= 15 is 0 Å². The van der Waals surface area contributed by atoms with Gasteiger partial charge in [-0.3, -0.25) is 19.4 Å². The molecule has 156 valence electrons. The second kappa shape index (κ2) is 7.87. The molecular formula is C22H23N3O4S. The summed E-state index contributed by atoms with van der Waals surface area (Å²) < 4.78 is 6.82. The van der Waals surface area contributed by atoms with Crippen LogP contribution >= 0.6 is 12.2 Å². The summed E-state index contributed by atoms with van der Waals surface area (Å²) in [7, 11) is 4.44. The van der Waals surface area contributed by atoms with Crippen LogP contribution in [0.1, 0.15) is 32.9 Å². The molecule has 2 heterocycles. The van der Waals surface area contributed by atoms with E-state index in [1.165, 1.54) is 16.9 Å². The number of likely N-dealkylation sites (N-methyl/N-ethyl adjacent to an activating group) is 2. The molecule has 1 fully saturated rings. The molecule has 1 saturated heterocycles. The molecule has 7 nitrogen and oxygen atoms in total. The van der Waals surface area contributed by atoms with Crippen molar-refractivity contribution >= 4 is 41.2 Å². The van der Waals surface area contributed by atoms with Crippen LogP contribution in [-0.2, 0) is 14.3 Å². The fourth-order valence-electron chi connectivity index (χ4n) is 3.53. The van der Waals surface area contributed by atoms with Gasteiger partial charge in [0.1, 0.15) is 5.57 Å². The summed E-state index contributed by atoms with van der Waals surface area (Å²) in [4.78, 5) is 39.8. The lowest BCUT2D eigenvalue weighted by Gasteiger charge is -2.31. The van der Waals surface area contributed by atoms with Crippen LogP contribution in [0.4, 0.5) is 0 Å². The maximum absolute atomic E-state index is 12.6. The number of rotatable bonds is 3. The van der Waals surface area contributed by atoms with Gasteiger partial charge in [0.25, 0.3) is 11.8 Å². The van der Waals surface area contributed by atoms with Crippen molar-refractivity contribution in [1.82, 2.24) is 14.4 Å². The van der Waals surface area contributed by atoms with E-state index in [4.69, 9.17) is 17.0 Å². The number of ether oxygens (including phenoxy) is 1. The Morgan fingerprint density at radius 3 is 2.20 bits per heavy atom. The van der Waals surface area contributed by atoms with Crippen molar-refractivity contribution in [3.8, 4) is 5.69 Å². The van der Waals surface area contributed by atoms with E-state index in [9.17, 15) is 14.4 Å². The molecule has 0 N–H and O–H groups in total. The predicted octanol–water partition coefficient (Wildman–Crippen LogP) is 2.79. The molecule has 0 aliphatic carbocycles.